The van der Waals surface area contributed by atoms with Crippen molar-refractivity contribution in [2.75, 3.05) is 13.1 Å². The van der Waals surface area contributed by atoms with Crippen LogP contribution in [0.15, 0.2) is 36.4 Å². The maximum absolute atomic E-state index is 12.9. The van der Waals surface area contributed by atoms with Crippen LogP contribution in [0.2, 0.25) is 0 Å². The molecule has 0 saturated heterocycles. The minimum Gasteiger partial charge on any atom is -0.340 e. The second-order valence-corrected chi connectivity index (χ2v) is 6.01. The molecule has 0 bridgehead atoms. The summed E-state index contributed by atoms with van der Waals surface area (Å²) in [6, 6.07) is 4.61. The number of rotatable bonds is 7. The lowest BCUT2D eigenvalue weighted by molar-refractivity contribution is -0.133. The molecule has 5 heteroatoms. The molecule has 0 aromatic heterocycles. The Kier molecular flexibility index (Phi) is 6.94. The lowest BCUT2D eigenvalue weighted by Gasteiger charge is -2.29. The van der Waals surface area contributed by atoms with Gasteiger partial charge in [0, 0.05) is 18.7 Å². The lowest BCUT2D eigenvalue weighted by atomic mass is 10.0. The molecule has 0 fully saturated rings. The highest BCUT2D eigenvalue weighted by Crippen LogP contribution is 2.10. The van der Waals surface area contributed by atoms with Crippen molar-refractivity contribution in [2.45, 2.75) is 33.7 Å². The zero-order valence-corrected chi connectivity index (χ0v) is 14.2. The Morgan fingerprint density at radius 3 is 2.26 bits per heavy atom. The van der Waals surface area contributed by atoms with Crippen molar-refractivity contribution in [1.82, 2.24) is 10.2 Å². The van der Waals surface area contributed by atoms with Crippen LogP contribution < -0.4 is 5.32 Å². The summed E-state index contributed by atoms with van der Waals surface area (Å²) in [7, 11) is 0. The molecule has 2 amide bonds. The van der Waals surface area contributed by atoms with Crippen LogP contribution >= 0.6 is 0 Å². The Bertz CT molecular complexity index is 567. The Morgan fingerprint density at radius 1 is 1.26 bits per heavy atom. The van der Waals surface area contributed by atoms with Gasteiger partial charge in [-0.25, -0.2) is 4.39 Å². The van der Waals surface area contributed by atoms with Gasteiger partial charge in [-0.15, -0.1) is 0 Å². The maximum atomic E-state index is 12.9. The first-order valence-electron chi connectivity index (χ1n) is 7.75. The largest absolute Gasteiger partial charge is 0.340 e. The van der Waals surface area contributed by atoms with E-state index in [1.54, 1.807) is 4.90 Å². The Labute approximate surface area is 137 Å². The number of benzene rings is 1. The van der Waals surface area contributed by atoms with E-state index < -0.39 is 11.9 Å². The number of nitrogens with zero attached hydrogens (tertiary/aromatic N) is 1. The van der Waals surface area contributed by atoms with Gasteiger partial charge in [-0.3, -0.25) is 9.59 Å². The van der Waals surface area contributed by atoms with Gasteiger partial charge in [0.2, 0.25) is 5.91 Å². The second-order valence-electron chi connectivity index (χ2n) is 6.01. The van der Waals surface area contributed by atoms with Gasteiger partial charge >= 0.3 is 0 Å². The predicted octanol–water partition coefficient (Wildman–Crippen LogP) is 3.00. The van der Waals surface area contributed by atoms with Crippen molar-refractivity contribution < 1.29 is 14.0 Å². The number of likely N-dealkylation sites (N-methyl/N-ethyl adjacent to an activating group) is 1. The topological polar surface area (TPSA) is 49.4 Å². The average molecular weight is 320 g/mol. The van der Waals surface area contributed by atoms with Gasteiger partial charge in [0.25, 0.3) is 5.91 Å². The number of halogens is 1. The number of hydrogen-bond acceptors (Lipinski definition) is 2. The molecular formula is C18H25FN2O2. The normalized spacial score (nSPS) is 11.9. The van der Waals surface area contributed by atoms with Crippen molar-refractivity contribution in [1.29, 1.82) is 0 Å². The van der Waals surface area contributed by atoms with Crippen LogP contribution in [0.3, 0.4) is 0 Å². The molecule has 0 radical (unpaired) electrons. The molecule has 1 N–H and O–H groups in total. The smallest absolute Gasteiger partial charge is 0.251 e. The van der Waals surface area contributed by atoms with Crippen LogP contribution in [0.1, 0.15) is 38.1 Å². The van der Waals surface area contributed by atoms with E-state index in [9.17, 15) is 14.0 Å². The highest BCUT2D eigenvalue weighted by Gasteiger charge is 2.28. The number of nitrogens with one attached hydrogen (secondary N) is 1. The molecule has 1 aromatic rings. The van der Waals surface area contributed by atoms with E-state index in [0.717, 1.165) is 5.57 Å². The highest BCUT2D eigenvalue weighted by molar-refractivity contribution is 5.97. The van der Waals surface area contributed by atoms with Crippen LogP contribution in [-0.4, -0.2) is 35.8 Å². The van der Waals surface area contributed by atoms with Crippen LogP contribution in [0.4, 0.5) is 4.39 Å². The molecule has 0 spiro atoms. The molecule has 23 heavy (non-hydrogen) atoms. The zero-order chi connectivity index (χ0) is 17.6. The third-order valence-corrected chi connectivity index (χ3v) is 3.48. The van der Waals surface area contributed by atoms with E-state index in [4.69, 9.17) is 0 Å². The summed E-state index contributed by atoms with van der Waals surface area (Å²) in [5.74, 6) is -0.993. The first-order chi connectivity index (χ1) is 10.8. The first-order valence-corrected chi connectivity index (χ1v) is 7.75. The summed E-state index contributed by atoms with van der Waals surface area (Å²) in [6.45, 7) is 12.3. The van der Waals surface area contributed by atoms with Crippen molar-refractivity contribution in [3.63, 3.8) is 0 Å². The summed E-state index contributed by atoms with van der Waals surface area (Å²) >= 11 is 0. The molecule has 0 aliphatic carbocycles. The second kappa shape index (κ2) is 8.46. The van der Waals surface area contributed by atoms with Gasteiger partial charge < -0.3 is 10.2 Å². The van der Waals surface area contributed by atoms with E-state index in [1.165, 1.54) is 24.3 Å². The van der Waals surface area contributed by atoms with E-state index in [1.807, 2.05) is 27.7 Å². The van der Waals surface area contributed by atoms with Crippen LogP contribution in [0.5, 0.6) is 0 Å². The molecule has 1 atom stereocenters. The molecule has 0 aliphatic heterocycles. The van der Waals surface area contributed by atoms with Gasteiger partial charge in [-0.1, -0.05) is 26.0 Å². The van der Waals surface area contributed by atoms with Gasteiger partial charge in [-0.05, 0) is 44.0 Å². The predicted molar refractivity (Wildman–Crippen MR) is 89.6 cm³/mol. The number of carbonyl (C=O) groups is 2. The van der Waals surface area contributed by atoms with E-state index >= 15 is 0 Å². The fourth-order valence-electron chi connectivity index (χ4n) is 2.21. The minimum absolute atomic E-state index is 0.0638. The highest BCUT2D eigenvalue weighted by atomic mass is 19.1. The van der Waals surface area contributed by atoms with E-state index in [-0.39, 0.29) is 17.7 Å². The number of amides is 2. The Balaban J connectivity index is 2.89. The molecule has 126 valence electrons. The molecule has 0 saturated carbocycles. The fraction of sp³-hybridized carbons (Fsp3) is 0.444. The summed E-state index contributed by atoms with van der Waals surface area (Å²) in [5, 5.41) is 2.76. The molecule has 0 heterocycles. The Morgan fingerprint density at radius 2 is 1.83 bits per heavy atom. The molecule has 4 nitrogen and oxygen atoms in total. The molecule has 1 unspecified atom stereocenters. The third kappa shape index (κ3) is 5.51. The van der Waals surface area contributed by atoms with Crippen LogP contribution in [0, 0.1) is 11.7 Å². The SMILES string of the molecule is C=C(C)CN(CC)C(=O)C(NC(=O)c1ccc(F)cc1)C(C)C. The molecule has 1 aromatic carbocycles. The first kappa shape index (κ1) is 18.9. The monoisotopic (exact) mass is 320 g/mol. The summed E-state index contributed by atoms with van der Waals surface area (Å²) in [6.07, 6.45) is 0. The van der Waals surface area contributed by atoms with Crippen molar-refractivity contribution in [3.05, 3.63) is 47.8 Å². The number of hydrogen-bond donors (Lipinski definition) is 1. The zero-order valence-electron chi connectivity index (χ0n) is 14.2. The van der Waals surface area contributed by atoms with E-state index in [0.29, 0.717) is 18.7 Å². The minimum atomic E-state index is -0.633. The van der Waals surface area contributed by atoms with Crippen LogP contribution in [0.25, 0.3) is 0 Å². The van der Waals surface area contributed by atoms with Crippen molar-refractivity contribution in [2.24, 2.45) is 5.92 Å². The van der Waals surface area contributed by atoms with Crippen molar-refractivity contribution in [3.8, 4) is 0 Å². The summed E-state index contributed by atoms with van der Waals surface area (Å²) in [4.78, 5) is 26.6. The maximum Gasteiger partial charge on any atom is 0.251 e. The number of carbonyl (C=O) groups excluding carboxylic acids is 2. The molecular weight excluding hydrogens is 295 g/mol. The lowest BCUT2D eigenvalue weighted by Crippen LogP contribution is -2.51. The third-order valence-electron chi connectivity index (χ3n) is 3.48. The fourth-order valence-corrected chi connectivity index (χ4v) is 2.21. The Hall–Kier alpha value is -2.17. The van der Waals surface area contributed by atoms with Crippen molar-refractivity contribution >= 4 is 11.8 Å². The summed E-state index contributed by atoms with van der Waals surface area (Å²) in [5.41, 5.74) is 1.21. The quantitative estimate of drug-likeness (QED) is 0.785. The summed E-state index contributed by atoms with van der Waals surface area (Å²) < 4.78 is 12.9. The molecule has 0 aliphatic rings. The van der Waals surface area contributed by atoms with Gasteiger partial charge in [-0.2, -0.15) is 0 Å². The standard InChI is InChI=1S/C18H25FN2O2/c1-6-21(11-12(2)3)18(23)16(13(4)5)20-17(22)14-7-9-15(19)10-8-14/h7-10,13,16H,2,6,11H2,1,3-5H3,(H,20,22). The van der Waals surface area contributed by atoms with Crippen LogP contribution in [-0.2, 0) is 4.79 Å². The molecule has 1 rings (SSSR count). The van der Waals surface area contributed by atoms with Gasteiger partial charge in [0.1, 0.15) is 11.9 Å². The van der Waals surface area contributed by atoms with Gasteiger partial charge in [0.15, 0.2) is 0 Å². The van der Waals surface area contributed by atoms with Gasteiger partial charge in [0.05, 0.1) is 0 Å². The van der Waals surface area contributed by atoms with E-state index in [2.05, 4.69) is 11.9 Å². The average Bonchev–Trinajstić information content (AvgIpc) is 2.49.